The van der Waals surface area contributed by atoms with E-state index in [-0.39, 0.29) is 5.41 Å². The number of fused-ring (bicyclic) bond motifs is 1. The van der Waals surface area contributed by atoms with Crippen LogP contribution in [0.25, 0.3) is 0 Å². The van der Waals surface area contributed by atoms with Crippen LogP contribution >= 0.6 is 0 Å². The summed E-state index contributed by atoms with van der Waals surface area (Å²) in [4.78, 5) is 2.19. The molecule has 0 aliphatic carbocycles. The standard InChI is InChI=1S/C15H25N3O2/c1-15(2,10-18(3)4)9-17-12-8-14-13(7-11(12)16)19-5-6-20-14/h7-8,17H,5-6,9-10,16H2,1-4H3. The molecular formula is C15H25N3O2. The van der Waals surface area contributed by atoms with Crippen LogP contribution in [0.1, 0.15) is 13.8 Å². The molecule has 2 rings (SSSR count). The second-order valence-corrected chi connectivity index (χ2v) is 6.34. The fourth-order valence-corrected chi connectivity index (χ4v) is 2.50. The average Bonchev–Trinajstić information content (AvgIpc) is 2.34. The molecule has 1 aliphatic heterocycles. The molecule has 1 aliphatic rings. The maximum absolute atomic E-state index is 6.07. The molecule has 5 heteroatoms. The molecule has 0 fully saturated rings. The zero-order chi connectivity index (χ0) is 14.8. The molecule has 1 aromatic rings. The number of rotatable bonds is 5. The third kappa shape index (κ3) is 3.70. The van der Waals surface area contributed by atoms with Crippen molar-refractivity contribution in [1.82, 2.24) is 4.90 Å². The first kappa shape index (κ1) is 14.8. The molecule has 0 amide bonds. The van der Waals surface area contributed by atoms with Gasteiger partial charge in [0.15, 0.2) is 11.5 Å². The summed E-state index contributed by atoms with van der Waals surface area (Å²) < 4.78 is 11.1. The predicted octanol–water partition coefficient (Wildman–Crippen LogP) is 2.04. The highest BCUT2D eigenvalue weighted by atomic mass is 16.6. The van der Waals surface area contributed by atoms with Crippen molar-refractivity contribution in [2.24, 2.45) is 5.41 Å². The van der Waals surface area contributed by atoms with E-state index in [4.69, 9.17) is 15.2 Å². The van der Waals surface area contributed by atoms with Gasteiger partial charge in [-0.05, 0) is 19.5 Å². The summed E-state index contributed by atoms with van der Waals surface area (Å²) >= 11 is 0. The minimum Gasteiger partial charge on any atom is -0.486 e. The summed E-state index contributed by atoms with van der Waals surface area (Å²) in [7, 11) is 4.17. The highest BCUT2D eigenvalue weighted by Gasteiger charge is 2.20. The van der Waals surface area contributed by atoms with Crippen LogP contribution in [0.5, 0.6) is 11.5 Å². The third-order valence-electron chi connectivity index (χ3n) is 3.22. The van der Waals surface area contributed by atoms with Gasteiger partial charge in [0, 0.05) is 25.2 Å². The summed E-state index contributed by atoms with van der Waals surface area (Å²) in [5.74, 6) is 1.49. The Hall–Kier alpha value is -1.62. The van der Waals surface area contributed by atoms with Gasteiger partial charge in [0.1, 0.15) is 13.2 Å². The lowest BCUT2D eigenvalue weighted by molar-refractivity contribution is 0.172. The molecule has 0 radical (unpaired) electrons. The molecule has 3 N–H and O–H groups in total. The largest absolute Gasteiger partial charge is 0.486 e. The Morgan fingerprint density at radius 2 is 1.80 bits per heavy atom. The number of nitrogen functional groups attached to an aromatic ring is 1. The Labute approximate surface area is 121 Å². The Bertz CT molecular complexity index is 472. The summed E-state index contributed by atoms with van der Waals surface area (Å²) in [6, 6.07) is 3.76. The van der Waals surface area contributed by atoms with E-state index < -0.39 is 0 Å². The van der Waals surface area contributed by atoms with Gasteiger partial charge in [-0.15, -0.1) is 0 Å². The first-order valence-corrected chi connectivity index (χ1v) is 6.95. The van der Waals surface area contributed by atoms with Gasteiger partial charge in [0.2, 0.25) is 0 Å². The lowest BCUT2D eigenvalue weighted by Crippen LogP contribution is -2.34. The van der Waals surface area contributed by atoms with Crippen molar-refractivity contribution in [2.45, 2.75) is 13.8 Å². The van der Waals surface area contributed by atoms with Crippen LogP contribution in [0.15, 0.2) is 12.1 Å². The fourth-order valence-electron chi connectivity index (χ4n) is 2.50. The second kappa shape index (κ2) is 5.79. The Kier molecular flexibility index (Phi) is 4.28. The molecule has 0 unspecified atom stereocenters. The molecule has 0 saturated carbocycles. The van der Waals surface area contributed by atoms with E-state index in [0.29, 0.717) is 18.9 Å². The van der Waals surface area contributed by atoms with Crippen molar-refractivity contribution < 1.29 is 9.47 Å². The summed E-state index contributed by atoms with van der Waals surface area (Å²) in [5, 5.41) is 3.42. The van der Waals surface area contributed by atoms with Crippen LogP contribution in [0.2, 0.25) is 0 Å². The number of ether oxygens (including phenoxy) is 2. The number of nitrogens with one attached hydrogen (secondary N) is 1. The summed E-state index contributed by atoms with van der Waals surface area (Å²) in [6.45, 7) is 7.47. The third-order valence-corrected chi connectivity index (χ3v) is 3.22. The summed E-state index contributed by atoms with van der Waals surface area (Å²) in [6.07, 6.45) is 0. The molecule has 1 heterocycles. The maximum atomic E-state index is 6.07. The van der Waals surface area contributed by atoms with Crippen LogP contribution in [-0.2, 0) is 0 Å². The molecule has 0 atom stereocenters. The molecule has 0 bridgehead atoms. The van der Waals surface area contributed by atoms with E-state index in [0.717, 1.165) is 30.3 Å². The maximum Gasteiger partial charge on any atom is 0.163 e. The molecule has 112 valence electrons. The van der Waals surface area contributed by atoms with Crippen LogP contribution in [-0.4, -0.2) is 45.3 Å². The van der Waals surface area contributed by atoms with Crippen molar-refractivity contribution >= 4 is 11.4 Å². The normalized spacial score (nSPS) is 14.4. The van der Waals surface area contributed by atoms with E-state index in [9.17, 15) is 0 Å². The number of benzene rings is 1. The minimum absolute atomic E-state index is 0.156. The van der Waals surface area contributed by atoms with E-state index >= 15 is 0 Å². The van der Waals surface area contributed by atoms with Crippen LogP contribution in [0.3, 0.4) is 0 Å². The van der Waals surface area contributed by atoms with Gasteiger partial charge in [-0.1, -0.05) is 13.8 Å². The first-order valence-electron chi connectivity index (χ1n) is 6.95. The lowest BCUT2D eigenvalue weighted by atomic mass is 9.93. The zero-order valence-electron chi connectivity index (χ0n) is 12.8. The first-order chi connectivity index (χ1) is 9.37. The van der Waals surface area contributed by atoms with Gasteiger partial charge >= 0.3 is 0 Å². The van der Waals surface area contributed by atoms with E-state index in [1.165, 1.54) is 0 Å². The van der Waals surface area contributed by atoms with Crippen molar-refractivity contribution in [2.75, 3.05) is 51.4 Å². The van der Waals surface area contributed by atoms with Gasteiger partial charge in [0.25, 0.3) is 0 Å². The topological polar surface area (TPSA) is 59.8 Å². The highest BCUT2D eigenvalue weighted by molar-refractivity contribution is 5.72. The summed E-state index contributed by atoms with van der Waals surface area (Å²) in [5.41, 5.74) is 7.82. The lowest BCUT2D eigenvalue weighted by Gasteiger charge is -2.29. The molecule has 1 aromatic carbocycles. The zero-order valence-corrected chi connectivity index (χ0v) is 12.8. The van der Waals surface area contributed by atoms with Crippen LogP contribution < -0.4 is 20.5 Å². The fraction of sp³-hybridized carbons (Fsp3) is 0.600. The number of anilines is 2. The van der Waals surface area contributed by atoms with Crippen molar-refractivity contribution in [1.29, 1.82) is 0 Å². The predicted molar refractivity (Wildman–Crippen MR) is 82.7 cm³/mol. The van der Waals surface area contributed by atoms with Crippen LogP contribution in [0, 0.1) is 5.41 Å². The molecular weight excluding hydrogens is 254 g/mol. The highest BCUT2D eigenvalue weighted by Crippen LogP contribution is 2.37. The van der Waals surface area contributed by atoms with Crippen molar-refractivity contribution in [3.63, 3.8) is 0 Å². The van der Waals surface area contributed by atoms with Gasteiger partial charge < -0.3 is 25.4 Å². The van der Waals surface area contributed by atoms with Gasteiger partial charge in [-0.25, -0.2) is 0 Å². The molecule has 0 saturated heterocycles. The molecule has 20 heavy (non-hydrogen) atoms. The molecule has 0 aromatic heterocycles. The van der Waals surface area contributed by atoms with Crippen molar-refractivity contribution in [3.05, 3.63) is 12.1 Å². The molecule has 0 spiro atoms. The van der Waals surface area contributed by atoms with Crippen LogP contribution in [0.4, 0.5) is 11.4 Å². The van der Waals surface area contributed by atoms with Gasteiger partial charge in [-0.3, -0.25) is 0 Å². The Balaban J connectivity index is 2.06. The van der Waals surface area contributed by atoms with E-state index in [1.54, 1.807) is 0 Å². The smallest absolute Gasteiger partial charge is 0.163 e. The Morgan fingerprint density at radius 1 is 1.20 bits per heavy atom. The minimum atomic E-state index is 0.156. The van der Waals surface area contributed by atoms with Crippen molar-refractivity contribution in [3.8, 4) is 11.5 Å². The average molecular weight is 279 g/mol. The van der Waals surface area contributed by atoms with Gasteiger partial charge in [0.05, 0.1) is 11.4 Å². The second-order valence-electron chi connectivity index (χ2n) is 6.34. The number of hydrogen-bond donors (Lipinski definition) is 2. The number of nitrogens with two attached hydrogens (primary N) is 1. The molecule has 5 nitrogen and oxygen atoms in total. The monoisotopic (exact) mass is 279 g/mol. The van der Waals surface area contributed by atoms with E-state index in [2.05, 4.69) is 38.2 Å². The van der Waals surface area contributed by atoms with Gasteiger partial charge in [-0.2, -0.15) is 0 Å². The quantitative estimate of drug-likeness (QED) is 0.808. The SMILES string of the molecule is CN(C)CC(C)(C)CNc1cc2c(cc1N)OCCO2. The number of hydrogen-bond acceptors (Lipinski definition) is 5. The number of nitrogens with zero attached hydrogens (tertiary/aromatic N) is 1. The van der Waals surface area contributed by atoms with E-state index in [1.807, 2.05) is 12.1 Å². The Morgan fingerprint density at radius 3 is 2.40 bits per heavy atom.